The van der Waals surface area contributed by atoms with Crippen LogP contribution in [-0.2, 0) is 21.1 Å². The third-order valence-electron chi connectivity index (χ3n) is 1.77. The Morgan fingerprint density at radius 3 is 2.14 bits per heavy atom. The number of rotatable bonds is 0. The fourth-order valence-electron chi connectivity index (χ4n) is 1.18. The molecule has 1 unspecified atom stereocenters. The number of Topliss-reactive ketones (excluding diaryl/α,β-unsaturated/α-hetero) is 1. The molecule has 0 bridgehead atoms. The van der Waals surface area contributed by atoms with Crippen LogP contribution < -0.4 is 0 Å². The zero-order valence-corrected chi connectivity index (χ0v) is 11.7. The van der Waals surface area contributed by atoms with Gasteiger partial charge >= 0.3 is 0 Å². The molecule has 0 heterocycles. The summed E-state index contributed by atoms with van der Waals surface area (Å²) in [5, 5.41) is 0. The van der Waals surface area contributed by atoms with Crippen LogP contribution in [0.3, 0.4) is 0 Å². The van der Waals surface area contributed by atoms with Crippen molar-refractivity contribution in [1.82, 2.24) is 0 Å². The van der Waals surface area contributed by atoms with Crippen LogP contribution in [0.25, 0.3) is 0 Å². The summed E-state index contributed by atoms with van der Waals surface area (Å²) in [5.74, 6) is -0.365. The number of allylic oxidation sites excluding steroid dienone is 2. The Morgan fingerprint density at radius 2 is 1.57 bits per heavy atom. The van der Waals surface area contributed by atoms with Crippen LogP contribution in [0.1, 0.15) is 20.7 Å². The number of carbonyl (C=O) groups is 2. The Bertz CT molecular complexity index is 362. The fraction of sp³-hybridized carbons (Fsp3) is 0. The maximum Gasteiger partial charge on any atom is 0.0751 e. The first-order chi connectivity index (χ1) is 5.79. The van der Waals surface area contributed by atoms with E-state index in [4.69, 9.17) is 0 Å². The van der Waals surface area contributed by atoms with Gasteiger partial charge in [-0.05, 0) is 0 Å². The van der Waals surface area contributed by atoms with Gasteiger partial charge in [-0.15, -0.1) is 18.2 Å². The molecule has 1 aliphatic rings. The van der Waals surface area contributed by atoms with Gasteiger partial charge in [0.15, 0.2) is 0 Å². The summed E-state index contributed by atoms with van der Waals surface area (Å²) in [7, 11) is 0. The standard InChI is InChI=1S/C10H5O2.H3P.W/c11-9-5-6-10(12)8-4-2-1-3-7(8)9;;/h1-5H;1H3;/q-1;;. The number of hydrogen-bond donors (Lipinski definition) is 0. The molecule has 2 nitrogen and oxygen atoms in total. The number of hydrogen-bond acceptors (Lipinski definition) is 2. The average molecular weight is 375 g/mol. The summed E-state index contributed by atoms with van der Waals surface area (Å²) in [4.78, 5) is 22.3. The molecule has 2 rings (SSSR count). The first kappa shape index (κ1) is 13.4. The van der Waals surface area contributed by atoms with E-state index in [1.807, 2.05) is 0 Å². The summed E-state index contributed by atoms with van der Waals surface area (Å²) >= 11 is 0. The minimum Gasteiger partial charge on any atom is -0.366 e. The number of benzene rings is 1. The van der Waals surface area contributed by atoms with Crippen LogP contribution in [0.4, 0.5) is 0 Å². The Morgan fingerprint density at radius 1 is 1.00 bits per heavy atom. The molecule has 0 spiro atoms. The Kier molecular flexibility index (Phi) is 5.11. The van der Waals surface area contributed by atoms with Crippen LogP contribution in [0.15, 0.2) is 30.3 Å². The molecular weight excluding hydrogens is 367 g/mol. The molecule has 0 amide bonds. The van der Waals surface area contributed by atoms with Gasteiger partial charge in [0.2, 0.25) is 0 Å². The van der Waals surface area contributed by atoms with Crippen LogP contribution >= 0.6 is 9.90 Å². The largest absolute Gasteiger partial charge is 0.366 e. The molecule has 72 valence electrons. The van der Waals surface area contributed by atoms with Gasteiger partial charge in [-0.1, -0.05) is 29.3 Å². The smallest absolute Gasteiger partial charge is 0.0751 e. The van der Waals surface area contributed by atoms with Gasteiger partial charge in [-0.3, -0.25) is 0 Å². The Balaban J connectivity index is 0.000000845. The minimum absolute atomic E-state index is 0. The summed E-state index contributed by atoms with van der Waals surface area (Å²) in [6, 6.07) is 6.75. The van der Waals surface area contributed by atoms with Crippen molar-refractivity contribution in [1.29, 1.82) is 0 Å². The maximum atomic E-state index is 11.2. The van der Waals surface area contributed by atoms with Crippen LogP contribution in [-0.4, -0.2) is 11.6 Å². The van der Waals surface area contributed by atoms with Crippen molar-refractivity contribution in [2.75, 3.05) is 0 Å². The predicted octanol–water partition coefficient (Wildman–Crippen LogP) is 1.48. The first-order valence-electron chi connectivity index (χ1n) is 3.56. The first-order valence-corrected chi connectivity index (χ1v) is 3.56. The molecule has 0 N–H and O–H groups in total. The molecule has 0 saturated heterocycles. The predicted molar refractivity (Wildman–Crippen MR) is 54.0 cm³/mol. The quantitative estimate of drug-likeness (QED) is 0.509. The third kappa shape index (κ3) is 2.26. The summed E-state index contributed by atoms with van der Waals surface area (Å²) in [6.07, 6.45) is 3.56. The molecule has 1 aliphatic carbocycles. The maximum absolute atomic E-state index is 11.2. The van der Waals surface area contributed by atoms with Gasteiger partial charge in [0.05, 0.1) is 11.6 Å². The normalized spacial score (nSPS) is 12.6. The monoisotopic (exact) mass is 375 g/mol. The van der Waals surface area contributed by atoms with E-state index in [-0.39, 0.29) is 42.5 Å². The van der Waals surface area contributed by atoms with E-state index >= 15 is 0 Å². The zero-order chi connectivity index (χ0) is 8.55. The topological polar surface area (TPSA) is 34.1 Å². The third-order valence-corrected chi connectivity index (χ3v) is 1.77. The van der Waals surface area contributed by atoms with Crippen LogP contribution in [0.5, 0.6) is 0 Å². The van der Waals surface area contributed by atoms with E-state index < -0.39 is 0 Å². The van der Waals surface area contributed by atoms with Crippen molar-refractivity contribution in [3.05, 3.63) is 47.5 Å². The van der Waals surface area contributed by atoms with Gasteiger partial charge in [-0.25, -0.2) is 0 Å². The van der Waals surface area contributed by atoms with E-state index in [1.54, 1.807) is 24.3 Å². The molecule has 0 fully saturated rings. The number of ketones is 2. The van der Waals surface area contributed by atoms with Crippen molar-refractivity contribution in [2.45, 2.75) is 0 Å². The molecule has 0 saturated carbocycles. The number of carbonyl (C=O) groups excluding carboxylic acids is 2. The van der Waals surface area contributed by atoms with Crippen molar-refractivity contribution < 1.29 is 30.7 Å². The Hall–Kier alpha value is -0.582. The molecule has 14 heavy (non-hydrogen) atoms. The summed E-state index contributed by atoms with van der Waals surface area (Å²) in [6.45, 7) is 0. The van der Waals surface area contributed by atoms with Gasteiger partial charge < -0.3 is 9.59 Å². The van der Waals surface area contributed by atoms with E-state index in [0.29, 0.717) is 11.1 Å². The minimum atomic E-state index is -0.217. The molecule has 0 aliphatic heterocycles. The van der Waals surface area contributed by atoms with Gasteiger partial charge in [0.1, 0.15) is 0 Å². The second-order valence-corrected chi connectivity index (χ2v) is 2.53. The fourth-order valence-corrected chi connectivity index (χ4v) is 1.18. The van der Waals surface area contributed by atoms with E-state index in [9.17, 15) is 9.59 Å². The molecule has 1 aromatic rings. The van der Waals surface area contributed by atoms with Crippen LogP contribution in [0, 0.1) is 6.08 Å². The van der Waals surface area contributed by atoms with E-state index in [2.05, 4.69) is 6.08 Å². The van der Waals surface area contributed by atoms with Crippen LogP contribution in [0.2, 0.25) is 0 Å². The van der Waals surface area contributed by atoms with Gasteiger partial charge in [0.25, 0.3) is 0 Å². The molecule has 4 heteroatoms. The molecule has 1 aromatic carbocycles. The van der Waals surface area contributed by atoms with Crippen molar-refractivity contribution in [2.24, 2.45) is 0 Å². The van der Waals surface area contributed by atoms with Gasteiger partial charge in [0, 0.05) is 21.1 Å². The van der Waals surface area contributed by atoms with Crippen molar-refractivity contribution in [3.63, 3.8) is 0 Å². The molecule has 0 aromatic heterocycles. The van der Waals surface area contributed by atoms with E-state index in [0.717, 1.165) is 0 Å². The number of fused-ring (bicyclic) bond motifs is 1. The SMILES string of the molecule is O=C1[C-]=CC(=O)c2ccccc21.P.[W]. The van der Waals surface area contributed by atoms with E-state index in [1.165, 1.54) is 6.08 Å². The zero-order valence-electron chi connectivity index (χ0n) is 7.32. The second kappa shape index (κ2) is 5.34. The molecule has 0 radical (unpaired) electrons. The summed E-state index contributed by atoms with van der Waals surface area (Å²) < 4.78 is 0. The average Bonchev–Trinajstić information content (AvgIpc) is 2.12. The van der Waals surface area contributed by atoms with Crippen molar-refractivity contribution in [3.8, 4) is 0 Å². The summed E-state index contributed by atoms with van der Waals surface area (Å²) in [5.41, 5.74) is 0.922. The molecular formula is C10H8O2PW-. The second-order valence-electron chi connectivity index (χ2n) is 2.53. The van der Waals surface area contributed by atoms with Gasteiger partial charge in [-0.2, -0.15) is 9.90 Å². The van der Waals surface area contributed by atoms with Crippen molar-refractivity contribution >= 4 is 21.5 Å². The Labute approximate surface area is 99.7 Å². The molecule has 1 atom stereocenters.